The van der Waals surface area contributed by atoms with Crippen molar-refractivity contribution in [1.29, 1.82) is 0 Å². The van der Waals surface area contributed by atoms with Crippen LogP contribution in [-0.2, 0) is 10.0 Å². The number of ether oxygens (including phenoxy) is 1. The SMILES string of the molecule is O=S(=O)(/C=C/c1ccccc1)Nc1ncnc(OCCO)c1-c1ccc(Cl)cc1. The van der Waals surface area contributed by atoms with E-state index >= 15 is 0 Å². The van der Waals surface area contributed by atoms with Gasteiger partial charge in [0.1, 0.15) is 12.9 Å². The van der Waals surface area contributed by atoms with E-state index in [9.17, 15) is 8.42 Å². The monoisotopic (exact) mass is 431 g/mol. The van der Waals surface area contributed by atoms with Gasteiger partial charge in [-0.25, -0.2) is 18.4 Å². The summed E-state index contributed by atoms with van der Waals surface area (Å²) in [5.74, 6) is 0.189. The Bertz CT molecular complexity index is 1090. The topological polar surface area (TPSA) is 101 Å². The van der Waals surface area contributed by atoms with Crippen LogP contribution < -0.4 is 9.46 Å². The van der Waals surface area contributed by atoms with Crippen LogP contribution in [0.25, 0.3) is 17.2 Å². The molecule has 0 spiro atoms. The first kappa shape index (κ1) is 20.8. The molecule has 2 N–H and O–H groups in total. The lowest BCUT2D eigenvalue weighted by molar-refractivity contribution is 0.197. The molecule has 2 aromatic carbocycles. The summed E-state index contributed by atoms with van der Waals surface area (Å²) < 4.78 is 33.1. The van der Waals surface area contributed by atoms with Crippen LogP contribution in [0.15, 0.2) is 66.3 Å². The molecule has 0 unspecified atom stereocenters. The smallest absolute Gasteiger partial charge is 0.256 e. The van der Waals surface area contributed by atoms with Gasteiger partial charge < -0.3 is 9.84 Å². The second kappa shape index (κ2) is 9.51. The normalized spacial score (nSPS) is 11.5. The van der Waals surface area contributed by atoms with Gasteiger partial charge in [-0.15, -0.1) is 0 Å². The van der Waals surface area contributed by atoms with Crippen LogP contribution in [0.2, 0.25) is 5.02 Å². The number of halogens is 1. The van der Waals surface area contributed by atoms with Crippen LogP contribution in [0, 0.1) is 0 Å². The third-order valence-corrected chi connectivity index (χ3v) is 4.98. The van der Waals surface area contributed by atoms with Crippen LogP contribution in [0.5, 0.6) is 5.88 Å². The van der Waals surface area contributed by atoms with E-state index in [1.807, 2.05) is 18.2 Å². The van der Waals surface area contributed by atoms with Crippen molar-refractivity contribution in [3.63, 3.8) is 0 Å². The molecule has 7 nitrogen and oxygen atoms in total. The molecule has 0 saturated carbocycles. The Morgan fingerprint density at radius 3 is 2.48 bits per heavy atom. The number of aromatic nitrogens is 2. The fourth-order valence-electron chi connectivity index (χ4n) is 2.48. The molecule has 0 atom stereocenters. The van der Waals surface area contributed by atoms with Crippen LogP contribution >= 0.6 is 11.6 Å². The van der Waals surface area contributed by atoms with Crippen molar-refractivity contribution >= 4 is 33.5 Å². The summed E-state index contributed by atoms with van der Waals surface area (Å²) in [5, 5.41) is 10.6. The van der Waals surface area contributed by atoms with Crippen molar-refractivity contribution in [3.8, 4) is 17.0 Å². The summed E-state index contributed by atoms with van der Waals surface area (Å²) in [6.45, 7) is -0.220. The number of hydrogen-bond acceptors (Lipinski definition) is 6. The van der Waals surface area contributed by atoms with E-state index in [2.05, 4.69) is 14.7 Å². The highest BCUT2D eigenvalue weighted by atomic mass is 35.5. The van der Waals surface area contributed by atoms with Gasteiger partial charge in [-0.3, -0.25) is 4.72 Å². The van der Waals surface area contributed by atoms with E-state index in [0.29, 0.717) is 16.1 Å². The zero-order valence-corrected chi connectivity index (χ0v) is 16.8. The minimum Gasteiger partial charge on any atom is -0.475 e. The van der Waals surface area contributed by atoms with E-state index in [1.54, 1.807) is 36.4 Å². The fraction of sp³-hybridized carbons (Fsp3) is 0.100. The third kappa shape index (κ3) is 5.77. The van der Waals surface area contributed by atoms with Gasteiger partial charge in [-0.1, -0.05) is 54.1 Å². The Morgan fingerprint density at radius 1 is 1.07 bits per heavy atom. The molecule has 1 aromatic heterocycles. The van der Waals surface area contributed by atoms with Crippen molar-refractivity contribution in [2.24, 2.45) is 0 Å². The van der Waals surface area contributed by atoms with Crippen molar-refractivity contribution < 1.29 is 18.3 Å². The third-order valence-electron chi connectivity index (χ3n) is 3.75. The first-order valence-electron chi connectivity index (χ1n) is 8.59. The molecular formula is C20H18ClN3O4S. The van der Waals surface area contributed by atoms with E-state index in [1.165, 1.54) is 12.4 Å². The van der Waals surface area contributed by atoms with Gasteiger partial charge in [0, 0.05) is 5.02 Å². The average molecular weight is 432 g/mol. The number of hydrogen-bond donors (Lipinski definition) is 2. The number of aliphatic hydroxyl groups is 1. The number of aliphatic hydroxyl groups excluding tert-OH is 1. The van der Waals surface area contributed by atoms with Crippen LogP contribution in [0.3, 0.4) is 0 Å². The van der Waals surface area contributed by atoms with Gasteiger partial charge in [0.25, 0.3) is 10.0 Å². The van der Waals surface area contributed by atoms with Crippen molar-refractivity contribution in [2.45, 2.75) is 0 Å². The van der Waals surface area contributed by atoms with Crippen molar-refractivity contribution in [1.82, 2.24) is 9.97 Å². The van der Waals surface area contributed by atoms with E-state index < -0.39 is 10.0 Å². The lowest BCUT2D eigenvalue weighted by atomic mass is 10.1. The highest BCUT2D eigenvalue weighted by Gasteiger charge is 2.18. The predicted molar refractivity (Wildman–Crippen MR) is 113 cm³/mol. The Morgan fingerprint density at radius 2 is 1.79 bits per heavy atom. The van der Waals surface area contributed by atoms with E-state index in [4.69, 9.17) is 21.4 Å². The molecule has 0 aliphatic rings. The Hall–Kier alpha value is -2.94. The number of benzene rings is 2. The maximum absolute atomic E-state index is 12.6. The first-order valence-corrected chi connectivity index (χ1v) is 10.5. The van der Waals surface area contributed by atoms with Gasteiger partial charge in [0.2, 0.25) is 5.88 Å². The molecular weight excluding hydrogens is 414 g/mol. The lowest BCUT2D eigenvalue weighted by Gasteiger charge is -2.14. The maximum atomic E-state index is 12.6. The summed E-state index contributed by atoms with van der Waals surface area (Å²) >= 11 is 5.95. The molecule has 29 heavy (non-hydrogen) atoms. The van der Waals surface area contributed by atoms with Crippen molar-refractivity contribution in [2.75, 3.05) is 17.9 Å². The summed E-state index contributed by atoms with van der Waals surface area (Å²) in [6, 6.07) is 15.8. The Kier molecular flexibility index (Phi) is 6.82. The maximum Gasteiger partial charge on any atom is 0.256 e. The van der Waals surface area contributed by atoms with Gasteiger partial charge in [0.15, 0.2) is 5.82 Å². The molecule has 0 aliphatic heterocycles. The molecule has 0 amide bonds. The summed E-state index contributed by atoms with van der Waals surface area (Å²) in [5.41, 5.74) is 1.69. The number of anilines is 1. The predicted octanol–water partition coefficient (Wildman–Crippen LogP) is 3.58. The van der Waals surface area contributed by atoms with Crippen molar-refractivity contribution in [3.05, 3.63) is 76.9 Å². The molecule has 1 heterocycles. The van der Waals surface area contributed by atoms with Crippen LogP contribution in [-0.4, -0.2) is 36.7 Å². The lowest BCUT2D eigenvalue weighted by Crippen LogP contribution is -2.13. The quantitative estimate of drug-likeness (QED) is 0.565. The molecule has 3 aromatic rings. The highest BCUT2D eigenvalue weighted by Crippen LogP contribution is 2.35. The summed E-state index contributed by atoms with van der Waals surface area (Å²) in [7, 11) is -3.86. The standard InChI is InChI=1S/C20H18ClN3O4S/c21-17-8-6-16(7-9-17)18-19(22-14-23-20(18)28-12-11-25)24-29(26,27)13-10-15-4-2-1-3-5-15/h1-10,13-14,25H,11-12H2,(H,22,23,24)/b13-10+. The molecule has 0 aliphatic carbocycles. The van der Waals surface area contributed by atoms with E-state index in [0.717, 1.165) is 11.0 Å². The van der Waals surface area contributed by atoms with Crippen LogP contribution in [0.1, 0.15) is 5.56 Å². The summed E-state index contributed by atoms with van der Waals surface area (Å²) in [4.78, 5) is 8.14. The number of rotatable bonds is 8. The van der Waals surface area contributed by atoms with Gasteiger partial charge >= 0.3 is 0 Å². The van der Waals surface area contributed by atoms with Gasteiger partial charge in [-0.05, 0) is 29.3 Å². The second-order valence-corrected chi connectivity index (χ2v) is 7.84. The Labute approximate surface area is 173 Å². The molecule has 0 saturated heterocycles. The number of nitrogens with one attached hydrogen (secondary N) is 1. The second-order valence-electron chi connectivity index (χ2n) is 5.84. The molecule has 0 radical (unpaired) electrons. The highest BCUT2D eigenvalue weighted by molar-refractivity contribution is 7.95. The number of sulfonamides is 1. The minimum absolute atomic E-state index is 0.00228. The molecule has 150 valence electrons. The zero-order valence-electron chi connectivity index (χ0n) is 15.2. The van der Waals surface area contributed by atoms with Crippen LogP contribution in [0.4, 0.5) is 5.82 Å². The number of nitrogens with zero attached hydrogens (tertiary/aromatic N) is 2. The fourth-order valence-corrected chi connectivity index (χ4v) is 3.43. The van der Waals surface area contributed by atoms with Gasteiger partial charge in [0.05, 0.1) is 17.6 Å². The molecule has 0 fully saturated rings. The molecule has 9 heteroatoms. The minimum atomic E-state index is -3.86. The largest absolute Gasteiger partial charge is 0.475 e. The zero-order chi connectivity index (χ0) is 20.7. The molecule has 3 rings (SSSR count). The van der Waals surface area contributed by atoms with Gasteiger partial charge in [-0.2, -0.15) is 0 Å². The average Bonchev–Trinajstić information content (AvgIpc) is 2.72. The van der Waals surface area contributed by atoms with E-state index in [-0.39, 0.29) is 24.9 Å². The first-order chi connectivity index (χ1) is 14.0. The summed E-state index contributed by atoms with van der Waals surface area (Å²) in [6.07, 6.45) is 2.67. The molecule has 0 bridgehead atoms. The Balaban J connectivity index is 1.97.